The van der Waals surface area contributed by atoms with Gasteiger partial charge in [0, 0.05) is 17.2 Å². The molecule has 0 saturated carbocycles. The van der Waals surface area contributed by atoms with E-state index >= 15 is 0 Å². The molecular formula is C35H40O3S. The molecule has 1 aromatic heterocycles. The molecule has 0 bridgehead atoms. The second kappa shape index (κ2) is 10.1. The molecule has 4 heteroatoms. The molecule has 0 fully saturated rings. The van der Waals surface area contributed by atoms with E-state index in [1.54, 1.807) is 17.8 Å². The third-order valence-corrected chi connectivity index (χ3v) is 8.85. The summed E-state index contributed by atoms with van der Waals surface area (Å²) in [4.78, 5) is 15.9. The van der Waals surface area contributed by atoms with Crippen molar-refractivity contribution in [2.75, 3.05) is 0 Å². The molecule has 0 N–H and O–H groups in total. The van der Waals surface area contributed by atoms with E-state index in [1.165, 1.54) is 9.81 Å². The standard InChI is InChI=1S/C35H40O3S/c1-21(24-19-28(34(5,6)7)39-29(20-24)35(8,9)10)30-31(36)25(32(30)37)16-22-17-26(23-14-12-11-13-15-23)38-27(18-22)33(2,3)4/h11-20H,1-10H3. The Labute approximate surface area is 238 Å². The van der Waals surface area contributed by atoms with Crippen LogP contribution in [0.25, 0.3) is 17.4 Å². The molecule has 0 atom stereocenters. The van der Waals surface area contributed by atoms with Gasteiger partial charge in [0.1, 0.15) is 0 Å². The zero-order valence-corrected chi connectivity index (χ0v) is 25.7. The van der Waals surface area contributed by atoms with Crippen LogP contribution in [0.3, 0.4) is 0 Å². The molecule has 3 nitrogen and oxygen atoms in total. The maximum atomic E-state index is 13.4. The van der Waals surface area contributed by atoms with Gasteiger partial charge in [-0.05, 0) is 95.4 Å². The van der Waals surface area contributed by atoms with Crippen LogP contribution in [0.5, 0.6) is 0 Å². The van der Waals surface area contributed by atoms with Crippen LogP contribution >= 0.6 is 11.8 Å². The highest BCUT2D eigenvalue weighted by molar-refractivity contribution is 8.06. The molecule has 1 aliphatic heterocycles. The topological polar surface area (TPSA) is 51.4 Å². The lowest BCUT2D eigenvalue weighted by Gasteiger charge is -2.34. The lowest BCUT2D eigenvalue weighted by molar-refractivity contribution is -0.300. The van der Waals surface area contributed by atoms with Crippen molar-refractivity contribution in [1.29, 1.82) is 0 Å². The molecule has 2 aliphatic rings. The van der Waals surface area contributed by atoms with Gasteiger partial charge in [0.2, 0.25) is 0 Å². The Morgan fingerprint density at radius 3 is 1.90 bits per heavy atom. The van der Waals surface area contributed by atoms with Crippen LogP contribution in [0, 0.1) is 10.8 Å². The Balaban J connectivity index is 1.81. The highest BCUT2D eigenvalue weighted by atomic mass is 32.2. The van der Waals surface area contributed by atoms with Gasteiger partial charge in [-0.3, -0.25) is 4.79 Å². The number of carbonyl (C=O) groups excluding carboxylic acids is 1. The molecule has 204 valence electrons. The average molecular weight is 541 g/mol. The van der Waals surface area contributed by atoms with Crippen molar-refractivity contribution in [3.05, 3.63) is 104 Å². The third-order valence-electron chi connectivity index (χ3n) is 6.95. The van der Waals surface area contributed by atoms with Crippen LogP contribution in [0.2, 0.25) is 0 Å². The number of rotatable bonds is 3. The molecule has 0 spiro atoms. The van der Waals surface area contributed by atoms with Gasteiger partial charge in [-0.2, -0.15) is 0 Å². The van der Waals surface area contributed by atoms with E-state index in [0.29, 0.717) is 5.76 Å². The van der Waals surface area contributed by atoms with Crippen molar-refractivity contribution in [2.45, 2.75) is 74.7 Å². The number of Topliss-reactive ketones (excluding diaryl/α,β-unsaturated/α-hetero) is 1. The van der Waals surface area contributed by atoms with Crippen molar-refractivity contribution in [1.82, 2.24) is 0 Å². The maximum absolute atomic E-state index is 13.4. The summed E-state index contributed by atoms with van der Waals surface area (Å²) < 4.78 is 6.24. The van der Waals surface area contributed by atoms with Gasteiger partial charge < -0.3 is 5.11 Å². The molecule has 0 amide bonds. The molecule has 4 rings (SSSR count). The first-order chi connectivity index (χ1) is 18.0. The molecule has 0 radical (unpaired) electrons. The Hall–Kier alpha value is -3.11. The first kappa shape index (κ1) is 28.9. The van der Waals surface area contributed by atoms with Gasteiger partial charge in [-0.15, -0.1) is 0 Å². The molecule has 1 aliphatic carbocycles. The fraction of sp³-hybridized carbons (Fsp3) is 0.371. The van der Waals surface area contributed by atoms with Crippen LogP contribution in [-0.4, -0.2) is 5.78 Å². The molecule has 2 aromatic rings. The van der Waals surface area contributed by atoms with Crippen LogP contribution < -0.4 is 5.11 Å². The van der Waals surface area contributed by atoms with Crippen molar-refractivity contribution in [3.8, 4) is 11.3 Å². The number of hydrogen-bond acceptors (Lipinski definition) is 3. The van der Waals surface area contributed by atoms with Crippen LogP contribution in [0.4, 0.5) is 0 Å². The highest BCUT2D eigenvalue weighted by Crippen LogP contribution is 2.50. The second-order valence-corrected chi connectivity index (χ2v) is 14.6. The molecule has 39 heavy (non-hydrogen) atoms. The minimum atomic E-state index is -0.239. The van der Waals surface area contributed by atoms with Crippen molar-refractivity contribution in [3.63, 3.8) is 0 Å². The van der Waals surface area contributed by atoms with E-state index in [9.17, 15) is 9.90 Å². The average Bonchev–Trinajstić information content (AvgIpc) is 2.86. The van der Waals surface area contributed by atoms with E-state index in [4.69, 9.17) is 4.42 Å². The van der Waals surface area contributed by atoms with E-state index in [2.05, 4.69) is 74.5 Å². The fourth-order valence-electron chi connectivity index (χ4n) is 4.37. The minimum Gasteiger partial charge on any atom is -0.871 e. The second-order valence-electron chi connectivity index (χ2n) is 13.5. The summed E-state index contributed by atoms with van der Waals surface area (Å²) in [6.45, 7) is 21.3. The van der Waals surface area contributed by atoms with Crippen LogP contribution in [0.1, 0.15) is 80.6 Å². The molecule has 0 saturated heterocycles. The lowest BCUT2D eigenvalue weighted by Crippen LogP contribution is -2.31. The van der Waals surface area contributed by atoms with E-state index < -0.39 is 0 Å². The van der Waals surface area contributed by atoms with Gasteiger partial charge in [0.25, 0.3) is 0 Å². The number of thioether (sulfide) groups is 1. The Kier molecular flexibility index (Phi) is 7.50. The summed E-state index contributed by atoms with van der Waals surface area (Å²) in [6, 6.07) is 13.7. The van der Waals surface area contributed by atoms with Gasteiger partial charge >= 0.3 is 11.5 Å². The van der Waals surface area contributed by atoms with Gasteiger partial charge in [-0.1, -0.05) is 77.3 Å². The van der Waals surface area contributed by atoms with Crippen molar-refractivity contribution >= 4 is 23.6 Å². The first-order valence-electron chi connectivity index (χ1n) is 13.5. The normalized spacial score (nSPS) is 17.7. The predicted molar refractivity (Wildman–Crippen MR) is 163 cm³/mol. The van der Waals surface area contributed by atoms with E-state index in [0.717, 1.165) is 28.0 Å². The van der Waals surface area contributed by atoms with Crippen LogP contribution in [0.15, 0.2) is 96.9 Å². The summed E-state index contributed by atoms with van der Waals surface area (Å²) in [6.07, 6.45) is 6.00. The van der Waals surface area contributed by atoms with Crippen LogP contribution in [-0.2, 0) is 10.2 Å². The molecule has 2 heterocycles. The fourth-order valence-corrected chi connectivity index (χ4v) is 5.59. The zero-order chi connectivity index (χ0) is 28.9. The Bertz CT molecular complexity index is 1440. The molecular weight excluding hydrogens is 500 g/mol. The quantitative estimate of drug-likeness (QED) is 0.288. The zero-order valence-electron chi connectivity index (χ0n) is 24.9. The highest BCUT2D eigenvalue weighted by Gasteiger charge is 2.33. The summed E-state index contributed by atoms with van der Waals surface area (Å²) in [7, 11) is 0. The smallest absolute Gasteiger partial charge is 0.360 e. The van der Waals surface area contributed by atoms with Gasteiger partial charge in [0.05, 0.1) is 17.0 Å². The summed E-state index contributed by atoms with van der Waals surface area (Å²) in [5.41, 5.74) is 3.61. The number of hydrogen-bond donors (Lipinski definition) is 0. The van der Waals surface area contributed by atoms with Gasteiger partial charge in [0.15, 0.2) is 5.78 Å². The monoisotopic (exact) mass is 540 g/mol. The first-order valence-corrected chi connectivity index (χ1v) is 14.3. The lowest BCUT2D eigenvalue weighted by atomic mass is 9.80. The van der Waals surface area contributed by atoms with E-state index in [1.807, 2.05) is 49.4 Å². The summed E-state index contributed by atoms with van der Waals surface area (Å²) >= 11 is 1.80. The predicted octanol–water partition coefficient (Wildman–Crippen LogP) is 9.03. The Morgan fingerprint density at radius 1 is 0.846 bits per heavy atom. The van der Waals surface area contributed by atoms with E-state index in [-0.39, 0.29) is 38.9 Å². The SMILES string of the molecule is CC(=C1C=C(C(C)(C)C)SC(C(C)(C)C)=C1)C1=C([O-])C(=Cc2cc(-c3ccccc3)[o+]c(C(C)(C)C)c2)C1=O. The number of ketones is 1. The Morgan fingerprint density at radius 2 is 1.41 bits per heavy atom. The summed E-state index contributed by atoms with van der Waals surface area (Å²) in [5.74, 6) is 1.10. The maximum Gasteiger partial charge on any atom is 0.360 e. The van der Waals surface area contributed by atoms with Gasteiger partial charge in [-0.25, -0.2) is 4.42 Å². The number of carbonyl (C=O) groups is 1. The van der Waals surface area contributed by atoms with Crippen molar-refractivity contribution < 1.29 is 14.3 Å². The summed E-state index contributed by atoms with van der Waals surface area (Å²) in [5, 5.41) is 13.4. The molecule has 1 aromatic carbocycles. The molecule has 0 unspecified atom stereocenters. The number of benzene rings is 1. The third kappa shape index (κ3) is 6.06. The van der Waals surface area contributed by atoms with Crippen molar-refractivity contribution in [2.24, 2.45) is 10.8 Å². The number of allylic oxidation sites excluding steroid dienone is 8. The largest absolute Gasteiger partial charge is 0.871 e. The minimum absolute atomic E-state index is 0.0378.